The van der Waals surface area contributed by atoms with Gasteiger partial charge in [0.1, 0.15) is 6.04 Å². The first-order valence-electron chi connectivity index (χ1n) is 8.32. The van der Waals surface area contributed by atoms with E-state index in [1.54, 1.807) is 6.20 Å². The van der Waals surface area contributed by atoms with Crippen LogP contribution in [0.2, 0.25) is 0 Å². The Balaban J connectivity index is 1.67. The molecule has 7 heteroatoms. The van der Waals surface area contributed by atoms with Crippen molar-refractivity contribution in [1.82, 2.24) is 25.3 Å². The van der Waals surface area contributed by atoms with Crippen LogP contribution in [0.3, 0.4) is 0 Å². The number of hydrogen-bond donors (Lipinski definition) is 1. The van der Waals surface area contributed by atoms with Crippen molar-refractivity contribution in [2.24, 2.45) is 0 Å². The quantitative estimate of drug-likeness (QED) is 0.925. The highest BCUT2D eigenvalue weighted by Gasteiger charge is 2.28. The van der Waals surface area contributed by atoms with Gasteiger partial charge in [0.25, 0.3) is 0 Å². The molecule has 1 fully saturated rings. The molecule has 128 valence electrons. The molecule has 3 rings (SSSR count). The minimum atomic E-state index is -0.322. The molecule has 1 saturated heterocycles. The molecule has 0 radical (unpaired) electrons. The van der Waals surface area contributed by atoms with Gasteiger partial charge in [0.05, 0.1) is 6.04 Å². The van der Waals surface area contributed by atoms with Gasteiger partial charge in [-0.25, -0.2) is 0 Å². The van der Waals surface area contributed by atoms with Crippen LogP contribution in [0.5, 0.6) is 0 Å². The Morgan fingerprint density at radius 1 is 1.46 bits per heavy atom. The van der Waals surface area contributed by atoms with Crippen molar-refractivity contribution >= 4 is 5.91 Å². The molecule has 1 aliphatic rings. The van der Waals surface area contributed by atoms with Crippen molar-refractivity contribution in [3.05, 3.63) is 29.9 Å². The van der Waals surface area contributed by atoms with Crippen LogP contribution in [0.25, 0.3) is 11.4 Å². The third kappa shape index (κ3) is 3.62. The van der Waals surface area contributed by atoms with Crippen LogP contribution < -0.4 is 5.32 Å². The molecule has 2 aromatic heterocycles. The molecule has 2 atom stereocenters. The summed E-state index contributed by atoms with van der Waals surface area (Å²) in [5.41, 5.74) is 1.74. The van der Waals surface area contributed by atoms with Crippen molar-refractivity contribution in [2.75, 3.05) is 13.6 Å². The molecule has 1 N–H and O–H groups in total. The van der Waals surface area contributed by atoms with Crippen molar-refractivity contribution in [2.45, 2.75) is 45.2 Å². The number of carbonyl (C=O) groups is 1. The molecule has 1 amide bonds. The number of carbonyl (C=O) groups excluding carboxylic acids is 1. The first-order valence-corrected chi connectivity index (χ1v) is 8.32. The van der Waals surface area contributed by atoms with E-state index in [0.29, 0.717) is 11.7 Å². The van der Waals surface area contributed by atoms with Crippen LogP contribution in [-0.4, -0.2) is 45.6 Å². The van der Waals surface area contributed by atoms with Crippen molar-refractivity contribution < 1.29 is 9.32 Å². The lowest BCUT2D eigenvalue weighted by atomic mass is 10.0. The third-order valence-electron chi connectivity index (χ3n) is 4.40. The van der Waals surface area contributed by atoms with Crippen LogP contribution >= 0.6 is 0 Å². The highest BCUT2D eigenvalue weighted by molar-refractivity contribution is 5.82. The fourth-order valence-electron chi connectivity index (χ4n) is 2.99. The van der Waals surface area contributed by atoms with Gasteiger partial charge in [-0.05, 0) is 52.4 Å². The zero-order valence-corrected chi connectivity index (χ0v) is 14.3. The van der Waals surface area contributed by atoms with E-state index in [4.69, 9.17) is 4.52 Å². The number of nitrogens with one attached hydrogen (secondary N) is 1. The first kappa shape index (κ1) is 16.6. The van der Waals surface area contributed by atoms with Crippen LogP contribution in [0.4, 0.5) is 0 Å². The Morgan fingerprint density at radius 3 is 3.04 bits per heavy atom. The van der Waals surface area contributed by atoms with Gasteiger partial charge in [-0.1, -0.05) is 11.6 Å². The smallest absolute Gasteiger partial charge is 0.249 e. The SMILES string of the molecule is Cc1cc(-c2noc([C@H](C)NC(=O)C3CCCCN3C)n2)ccn1. The van der Waals surface area contributed by atoms with Crippen LogP contribution in [0, 0.1) is 6.92 Å². The van der Waals surface area contributed by atoms with Crippen molar-refractivity contribution in [3.8, 4) is 11.4 Å². The maximum Gasteiger partial charge on any atom is 0.249 e. The largest absolute Gasteiger partial charge is 0.343 e. The third-order valence-corrected chi connectivity index (χ3v) is 4.40. The van der Waals surface area contributed by atoms with Gasteiger partial charge in [-0.3, -0.25) is 14.7 Å². The van der Waals surface area contributed by atoms with Crippen LogP contribution in [0.1, 0.15) is 43.8 Å². The molecule has 24 heavy (non-hydrogen) atoms. The van der Waals surface area contributed by atoms with E-state index < -0.39 is 0 Å². The molecule has 0 bridgehead atoms. The number of aromatic nitrogens is 3. The van der Waals surface area contributed by atoms with Gasteiger partial charge in [0.15, 0.2) is 0 Å². The number of piperidine rings is 1. The van der Waals surface area contributed by atoms with Gasteiger partial charge in [0, 0.05) is 17.5 Å². The summed E-state index contributed by atoms with van der Waals surface area (Å²) in [4.78, 5) is 23.1. The van der Waals surface area contributed by atoms with Gasteiger partial charge in [0.2, 0.25) is 17.6 Å². The molecular weight excluding hydrogens is 306 g/mol. The summed E-state index contributed by atoms with van der Waals surface area (Å²) in [7, 11) is 1.99. The molecule has 0 aromatic carbocycles. The number of rotatable bonds is 4. The number of nitrogens with zero attached hydrogens (tertiary/aromatic N) is 4. The van der Waals surface area contributed by atoms with Gasteiger partial charge >= 0.3 is 0 Å². The number of aryl methyl sites for hydroxylation is 1. The number of pyridine rings is 1. The molecule has 3 heterocycles. The van der Waals surface area contributed by atoms with E-state index in [9.17, 15) is 4.79 Å². The zero-order valence-electron chi connectivity index (χ0n) is 14.3. The van der Waals surface area contributed by atoms with Crippen LogP contribution in [0.15, 0.2) is 22.9 Å². The Kier molecular flexibility index (Phi) is 4.89. The van der Waals surface area contributed by atoms with E-state index in [-0.39, 0.29) is 18.0 Å². The van der Waals surface area contributed by atoms with E-state index in [2.05, 4.69) is 25.3 Å². The fourth-order valence-corrected chi connectivity index (χ4v) is 2.99. The molecule has 7 nitrogen and oxygen atoms in total. The Labute approximate surface area is 141 Å². The summed E-state index contributed by atoms with van der Waals surface area (Å²) in [6, 6.07) is 3.33. The summed E-state index contributed by atoms with van der Waals surface area (Å²) < 4.78 is 5.33. The summed E-state index contributed by atoms with van der Waals surface area (Å²) in [6.45, 7) is 4.72. The molecule has 0 aliphatic carbocycles. The summed E-state index contributed by atoms with van der Waals surface area (Å²) >= 11 is 0. The standard InChI is InChI=1S/C17H23N5O2/c1-11-10-13(7-8-18-11)15-20-17(24-21-15)12(2)19-16(23)14-6-4-5-9-22(14)3/h7-8,10,12,14H,4-6,9H2,1-3H3,(H,19,23)/t12-,14?/m0/s1. The fraction of sp³-hybridized carbons (Fsp3) is 0.529. The molecule has 0 saturated carbocycles. The first-order chi connectivity index (χ1) is 11.5. The number of amides is 1. The maximum absolute atomic E-state index is 12.5. The molecular formula is C17H23N5O2. The van der Waals surface area contributed by atoms with Crippen molar-refractivity contribution in [1.29, 1.82) is 0 Å². The average molecular weight is 329 g/mol. The monoisotopic (exact) mass is 329 g/mol. The zero-order chi connectivity index (χ0) is 17.1. The minimum absolute atomic E-state index is 0.0178. The lowest BCUT2D eigenvalue weighted by molar-refractivity contribution is -0.127. The lowest BCUT2D eigenvalue weighted by Gasteiger charge is -2.31. The Hall–Kier alpha value is -2.28. The second-order valence-corrected chi connectivity index (χ2v) is 6.36. The van der Waals surface area contributed by atoms with Gasteiger partial charge in [-0.15, -0.1) is 0 Å². The second-order valence-electron chi connectivity index (χ2n) is 6.36. The van der Waals surface area contributed by atoms with Crippen molar-refractivity contribution in [3.63, 3.8) is 0 Å². The van der Waals surface area contributed by atoms with E-state index >= 15 is 0 Å². The van der Waals surface area contributed by atoms with E-state index in [1.807, 2.05) is 33.0 Å². The number of hydrogen-bond acceptors (Lipinski definition) is 6. The molecule has 1 unspecified atom stereocenters. The van der Waals surface area contributed by atoms with E-state index in [0.717, 1.165) is 37.1 Å². The summed E-state index contributed by atoms with van der Waals surface area (Å²) in [5.74, 6) is 0.932. The topological polar surface area (TPSA) is 84.2 Å². The molecule has 1 aliphatic heterocycles. The normalized spacial score (nSPS) is 19.9. The second kappa shape index (κ2) is 7.09. The van der Waals surface area contributed by atoms with Crippen LogP contribution in [-0.2, 0) is 4.79 Å². The van der Waals surface area contributed by atoms with E-state index in [1.165, 1.54) is 0 Å². The summed E-state index contributed by atoms with van der Waals surface area (Å²) in [5, 5.41) is 6.99. The summed E-state index contributed by atoms with van der Waals surface area (Å²) in [6.07, 6.45) is 4.84. The minimum Gasteiger partial charge on any atom is -0.343 e. The molecule has 0 spiro atoms. The van der Waals surface area contributed by atoms with Gasteiger partial charge in [-0.2, -0.15) is 4.98 Å². The average Bonchev–Trinajstić information content (AvgIpc) is 3.05. The lowest BCUT2D eigenvalue weighted by Crippen LogP contribution is -2.48. The highest BCUT2D eigenvalue weighted by Crippen LogP contribution is 2.20. The molecule has 2 aromatic rings. The Morgan fingerprint density at radius 2 is 2.29 bits per heavy atom. The predicted octanol–water partition coefficient (Wildman–Crippen LogP) is 2.10. The maximum atomic E-state index is 12.5. The highest BCUT2D eigenvalue weighted by atomic mass is 16.5. The predicted molar refractivity (Wildman–Crippen MR) is 89.1 cm³/mol. The number of likely N-dealkylation sites (N-methyl/N-ethyl adjacent to an activating group) is 1. The Bertz CT molecular complexity index is 715. The number of likely N-dealkylation sites (tertiary alicyclic amines) is 1. The van der Waals surface area contributed by atoms with Gasteiger partial charge < -0.3 is 9.84 Å².